The molecule has 4 aliphatic rings. The van der Waals surface area contributed by atoms with Gasteiger partial charge in [0, 0.05) is 32.9 Å². The number of hydrogen-bond donors (Lipinski definition) is 0. The molecule has 0 N–H and O–H groups in total. The molecule has 1 aliphatic carbocycles. The molecule has 0 unspecified atom stereocenters. The largest absolute Gasteiger partial charge is 0.547 e. The molecule has 182 valence electrons. The molecule has 0 aromatic carbocycles. The number of amides is 3. The van der Waals surface area contributed by atoms with Crippen molar-refractivity contribution in [1.29, 1.82) is 0 Å². The first kappa shape index (κ1) is 23.9. The van der Waals surface area contributed by atoms with E-state index in [4.69, 9.17) is 13.9 Å². The highest BCUT2D eigenvalue weighted by molar-refractivity contribution is 6.74. The van der Waals surface area contributed by atoms with Crippen LogP contribution in [0.1, 0.15) is 33.6 Å². The lowest BCUT2D eigenvalue weighted by molar-refractivity contribution is -0.194. The van der Waals surface area contributed by atoms with Gasteiger partial charge in [-0.15, -0.1) is 0 Å². The van der Waals surface area contributed by atoms with Gasteiger partial charge in [0.05, 0.1) is 30.7 Å². The van der Waals surface area contributed by atoms with Crippen LogP contribution in [-0.4, -0.2) is 81.3 Å². The Morgan fingerprint density at radius 3 is 2.18 bits per heavy atom. The van der Waals surface area contributed by atoms with Gasteiger partial charge in [-0.1, -0.05) is 20.8 Å². The van der Waals surface area contributed by atoms with Crippen LogP contribution in [0.5, 0.6) is 0 Å². The first-order valence-electron chi connectivity index (χ1n) is 11.4. The van der Waals surface area contributed by atoms with Gasteiger partial charge in [-0.2, -0.15) is 0 Å². The molecule has 3 saturated heterocycles. The molecule has 0 aromatic heterocycles. The van der Waals surface area contributed by atoms with Gasteiger partial charge in [0.15, 0.2) is 6.10 Å². The summed E-state index contributed by atoms with van der Waals surface area (Å²) in [6.45, 7) is 10.7. The van der Waals surface area contributed by atoms with E-state index in [1.165, 1.54) is 31.1 Å². The second kappa shape index (κ2) is 7.66. The number of allylic oxidation sites excluding steroid dienone is 1. The summed E-state index contributed by atoms with van der Waals surface area (Å²) in [5, 5.41) is -0.0802. The van der Waals surface area contributed by atoms with Crippen molar-refractivity contribution in [3.8, 4) is 0 Å². The molecule has 0 bridgehead atoms. The molecule has 9 nitrogen and oxygen atoms in total. The molecule has 3 fully saturated rings. The Morgan fingerprint density at radius 2 is 1.64 bits per heavy atom. The molecule has 0 radical (unpaired) electrons. The van der Waals surface area contributed by atoms with Crippen LogP contribution in [0.25, 0.3) is 0 Å². The molecular formula is C23H34N2O7Si. The number of esters is 1. The topological polar surface area (TPSA) is 102 Å². The predicted octanol–water partition coefficient (Wildman–Crippen LogP) is 1.68. The average Bonchev–Trinajstić information content (AvgIpc) is 2.95. The summed E-state index contributed by atoms with van der Waals surface area (Å²) in [4.78, 5) is 54.5. The Kier molecular flexibility index (Phi) is 5.56. The van der Waals surface area contributed by atoms with Gasteiger partial charge in [0.2, 0.25) is 20.1 Å². The van der Waals surface area contributed by atoms with E-state index >= 15 is 0 Å². The van der Waals surface area contributed by atoms with Crippen LogP contribution in [-0.2, 0) is 33.1 Å². The van der Waals surface area contributed by atoms with Crippen molar-refractivity contribution in [2.24, 2.45) is 17.8 Å². The van der Waals surface area contributed by atoms with E-state index in [2.05, 4.69) is 33.9 Å². The second-order valence-electron chi connectivity index (χ2n) is 11.0. The highest BCUT2D eigenvalue weighted by atomic mass is 28.4. The fourth-order valence-electron chi connectivity index (χ4n) is 5.60. The van der Waals surface area contributed by atoms with Crippen LogP contribution in [0.15, 0.2) is 11.3 Å². The number of imide groups is 1. The minimum Gasteiger partial charge on any atom is -0.547 e. The fraction of sp³-hybridized carbons (Fsp3) is 0.739. The number of carbonyl (C=O) groups is 4. The number of β-lactam (4-membered cyclic amide) rings is 1. The van der Waals surface area contributed by atoms with E-state index in [0.717, 1.165) is 5.57 Å². The Hall–Kier alpha value is -2.20. The number of carbonyl (C=O) groups excluding carboxylic acids is 4. The van der Waals surface area contributed by atoms with Crippen molar-refractivity contribution in [3.05, 3.63) is 11.3 Å². The quantitative estimate of drug-likeness (QED) is 0.262. The molecule has 4 rings (SSSR count). The Morgan fingerprint density at radius 1 is 1.00 bits per heavy atom. The molecule has 3 heterocycles. The van der Waals surface area contributed by atoms with Gasteiger partial charge < -0.3 is 18.8 Å². The first-order chi connectivity index (χ1) is 15.3. The highest BCUT2D eigenvalue weighted by Gasteiger charge is 2.67. The lowest BCUT2D eigenvalue weighted by atomic mass is 9.61. The monoisotopic (exact) mass is 478 g/mol. The van der Waals surface area contributed by atoms with E-state index in [-0.39, 0.29) is 29.2 Å². The minimum atomic E-state index is -2.28. The van der Waals surface area contributed by atoms with Gasteiger partial charge in [-0.3, -0.25) is 19.3 Å². The van der Waals surface area contributed by atoms with Crippen LogP contribution in [0, 0.1) is 17.8 Å². The van der Waals surface area contributed by atoms with Crippen molar-refractivity contribution in [3.63, 3.8) is 0 Å². The number of nitrogens with zero attached hydrogens (tertiary/aromatic N) is 2. The lowest BCUT2D eigenvalue weighted by Gasteiger charge is -2.58. The zero-order valence-electron chi connectivity index (χ0n) is 20.6. The molecular weight excluding hydrogens is 444 g/mol. The fourth-order valence-corrected chi connectivity index (χ4v) is 6.74. The van der Waals surface area contributed by atoms with Gasteiger partial charge in [-0.05, 0) is 23.7 Å². The van der Waals surface area contributed by atoms with Crippen LogP contribution in [0.4, 0.5) is 0 Å². The summed E-state index contributed by atoms with van der Waals surface area (Å²) < 4.78 is 17.3. The van der Waals surface area contributed by atoms with Crippen LogP contribution in [0.3, 0.4) is 0 Å². The van der Waals surface area contributed by atoms with E-state index in [1.54, 1.807) is 0 Å². The maximum absolute atomic E-state index is 13.2. The standard InChI is InChI=1S/C23H34N2O7Si/c1-23(2,3)33(7,8)32-14-10-12-16(20(27)24(4)19(12)26)15-11(14)9-13(22(29)31-6)25-17(15)18(30-5)21(25)28/h12-13,15-18H,9-10H2,1-8H3/t12-,13+,15+,16-,17-,18+/m0/s1. The van der Waals surface area contributed by atoms with Gasteiger partial charge in [0.25, 0.3) is 5.91 Å². The van der Waals surface area contributed by atoms with Crippen molar-refractivity contribution >= 4 is 32.0 Å². The van der Waals surface area contributed by atoms with E-state index in [9.17, 15) is 19.2 Å². The molecule has 0 aromatic rings. The number of ether oxygens (including phenoxy) is 2. The molecule has 0 spiro atoms. The average molecular weight is 479 g/mol. The Labute approximate surface area is 195 Å². The number of hydrogen-bond acceptors (Lipinski definition) is 7. The zero-order chi connectivity index (χ0) is 24.6. The Balaban J connectivity index is 1.87. The minimum absolute atomic E-state index is 0.0802. The summed E-state index contributed by atoms with van der Waals surface area (Å²) in [7, 11) is 1.98. The van der Waals surface area contributed by atoms with E-state index < -0.39 is 50.2 Å². The molecule has 3 amide bonds. The molecule has 3 aliphatic heterocycles. The van der Waals surface area contributed by atoms with Crippen LogP contribution in [0.2, 0.25) is 18.1 Å². The SMILES string of the molecule is COC(=O)[C@H]1CC2=C(O[Si](C)(C)C(C)(C)C)C[C@@H]3C(=O)N(C)C(=O)[C@@H]3[C@@H]2[C@H]2[C@@H](OC)C(=O)N21. The van der Waals surface area contributed by atoms with E-state index in [1.807, 2.05) is 0 Å². The second-order valence-corrected chi connectivity index (χ2v) is 15.8. The zero-order valence-corrected chi connectivity index (χ0v) is 21.6. The van der Waals surface area contributed by atoms with Crippen molar-refractivity contribution < 1.29 is 33.1 Å². The van der Waals surface area contributed by atoms with Crippen LogP contribution >= 0.6 is 0 Å². The van der Waals surface area contributed by atoms with Gasteiger partial charge >= 0.3 is 5.97 Å². The molecule has 0 saturated carbocycles. The number of methoxy groups -OCH3 is 2. The summed E-state index contributed by atoms with van der Waals surface area (Å²) in [5.74, 6) is -2.14. The van der Waals surface area contributed by atoms with Gasteiger partial charge in [-0.25, -0.2) is 4.79 Å². The highest BCUT2D eigenvalue weighted by Crippen LogP contribution is 2.55. The Bertz CT molecular complexity index is 953. The van der Waals surface area contributed by atoms with Crippen molar-refractivity contribution in [2.75, 3.05) is 21.3 Å². The lowest BCUT2D eigenvalue weighted by Crippen LogP contribution is -2.76. The van der Waals surface area contributed by atoms with Crippen molar-refractivity contribution in [2.45, 2.75) is 69.9 Å². The number of fused-ring (bicyclic) bond motifs is 5. The van der Waals surface area contributed by atoms with E-state index in [0.29, 0.717) is 12.2 Å². The third-order valence-corrected chi connectivity index (χ3v) is 12.8. The third kappa shape index (κ3) is 3.28. The summed E-state index contributed by atoms with van der Waals surface area (Å²) >= 11 is 0. The maximum atomic E-state index is 13.2. The number of rotatable bonds is 4. The summed E-state index contributed by atoms with van der Waals surface area (Å²) in [6.07, 6.45) is -0.225. The normalized spacial score (nSPS) is 34.0. The summed E-state index contributed by atoms with van der Waals surface area (Å²) in [5.41, 5.74) is 0.851. The van der Waals surface area contributed by atoms with Gasteiger partial charge in [0.1, 0.15) is 6.04 Å². The predicted molar refractivity (Wildman–Crippen MR) is 120 cm³/mol. The maximum Gasteiger partial charge on any atom is 0.328 e. The first-order valence-corrected chi connectivity index (χ1v) is 14.3. The van der Waals surface area contributed by atoms with Crippen molar-refractivity contribution in [1.82, 2.24) is 9.80 Å². The molecule has 33 heavy (non-hydrogen) atoms. The third-order valence-electron chi connectivity index (χ3n) is 8.41. The number of likely N-dealkylation sites (tertiary alicyclic amines) is 1. The van der Waals surface area contributed by atoms with Crippen LogP contribution < -0.4 is 0 Å². The smallest absolute Gasteiger partial charge is 0.328 e. The summed E-state index contributed by atoms with van der Waals surface area (Å²) in [6, 6.07) is -1.32. The molecule has 6 atom stereocenters. The molecule has 10 heteroatoms. The number of piperidine rings is 1.